The molecule has 2 unspecified atom stereocenters. The number of nitrogens with zero attached hydrogens (tertiary/aromatic N) is 1. The fourth-order valence-corrected chi connectivity index (χ4v) is 4.35. The predicted molar refractivity (Wildman–Crippen MR) is 112 cm³/mol. The SMILES string of the molecule is O=C(Nc1cc(S(F)(F)(F)(F)F)ccc1-c1ccncc1)NC1Cc2ccccc2C1O. The number of benzene rings is 2. The Kier molecular flexibility index (Phi) is 4.76. The first kappa shape index (κ1) is 22.0. The second-order valence-electron chi connectivity index (χ2n) is 7.46. The molecule has 32 heavy (non-hydrogen) atoms. The van der Waals surface area contributed by atoms with Gasteiger partial charge in [-0.1, -0.05) is 49.8 Å². The highest BCUT2D eigenvalue weighted by Crippen LogP contribution is 3.02. The Bertz CT molecular complexity index is 1190. The zero-order chi connectivity index (χ0) is 23.2. The summed E-state index contributed by atoms with van der Waals surface area (Å²) < 4.78 is 66.8. The fraction of sp³-hybridized carbons (Fsp3) is 0.143. The Morgan fingerprint density at radius 1 is 1.00 bits per heavy atom. The van der Waals surface area contributed by atoms with Crippen molar-refractivity contribution in [2.75, 3.05) is 5.32 Å². The molecule has 1 aliphatic carbocycles. The van der Waals surface area contributed by atoms with E-state index in [0.717, 1.165) is 11.6 Å². The molecule has 1 aliphatic rings. The first-order chi connectivity index (χ1) is 14.8. The van der Waals surface area contributed by atoms with Crippen molar-refractivity contribution in [3.63, 3.8) is 0 Å². The summed E-state index contributed by atoms with van der Waals surface area (Å²) in [6, 6.07) is 9.67. The third kappa shape index (κ3) is 4.53. The number of pyridine rings is 1. The molecule has 0 saturated heterocycles. The van der Waals surface area contributed by atoms with Crippen LogP contribution in [0.15, 0.2) is 71.9 Å². The van der Waals surface area contributed by atoms with Crippen LogP contribution in [0.5, 0.6) is 0 Å². The molecule has 3 aromatic rings. The summed E-state index contributed by atoms with van der Waals surface area (Å²) >= 11 is 0. The van der Waals surface area contributed by atoms with Crippen LogP contribution in [0.25, 0.3) is 11.1 Å². The molecule has 0 spiro atoms. The summed E-state index contributed by atoms with van der Waals surface area (Å²) in [4.78, 5) is 14.3. The average molecular weight is 471 g/mol. The van der Waals surface area contributed by atoms with E-state index in [1.165, 1.54) is 24.5 Å². The van der Waals surface area contributed by atoms with E-state index in [1.807, 2.05) is 0 Å². The van der Waals surface area contributed by atoms with E-state index in [0.29, 0.717) is 17.5 Å². The number of anilines is 1. The van der Waals surface area contributed by atoms with Crippen molar-refractivity contribution < 1.29 is 29.3 Å². The first-order valence-electron chi connectivity index (χ1n) is 9.44. The second-order valence-corrected chi connectivity index (χ2v) is 9.87. The van der Waals surface area contributed by atoms with Crippen LogP contribution in [-0.2, 0) is 6.42 Å². The van der Waals surface area contributed by atoms with Crippen LogP contribution in [0.3, 0.4) is 0 Å². The average Bonchev–Trinajstić information content (AvgIpc) is 3.02. The van der Waals surface area contributed by atoms with Gasteiger partial charge in [-0.3, -0.25) is 4.98 Å². The van der Waals surface area contributed by atoms with Crippen molar-refractivity contribution in [2.45, 2.75) is 23.5 Å². The number of carbonyl (C=O) groups excluding carboxylic acids is 1. The third-order valence-corrected chi connectivity index (χ3v) is 6.33. The summed E-state index contributed by atoms with van der Waals surface area (Å²) in [6.45, 7) is 0. The minimum Gasteiger partial charge on any atom is -0.386 e. The molecule has 5 nitrogen and oxygen atoms in total. The number of hydrogen-bond donors (Lipinski definition) is 3. The number of nitrogens with one attached hydrogen (secondary N) is 2. The zero-order valence-corrected chi connectivity index (χ0v) is 17.1. The van der Waals surface area contributed by atoms with Crippen LogP contribution in [0.2, 0.25) is 0 Å². The molecular formula is C21H18F5N3O2S. The number of fused-ring (bicyclic) bond motifs is 1. The lowest BCUT2D eigenvalue weighted by atomic mass is 10.1. The zero-order valence-electron chi connectivity index (χ0n) is 16.3. The topological polar surface area (TPSA) is 74.2 Å². The Hall–Kier alpha value is -3.18. The van der Waals surface area contributed by atoms with Gasteiger partial charge in [0.25, 0.3) is 0 Å². The van der Waals surface area contributed by atoms with Gasteiger partial charge in [-0.15, -0.1) is 0 Å². The van der Waals surface area contributed by atoms with E-state index in [1.54, 1.807) is 24.3 Å². The maximum atomic E-state index is 13.4. The van der Waals surface area contributed by atoms with Crippen LogP contribution in [0, 0.1) is 0 Å². The van der Waals surface area contributed by atoms with Gasteiger partial charge in [-0.05, 0) is 47.4 Å². The molecule has 0 fully saturated rings. The van der Waals surface area contributed by atoms with Crippen LogP contribution in [0.1, 0.15) is 17.2 Å². The Morgan fingerprint density at radius 2 is 1.69 bits per heavy atom. The van der Waals surface area contributed by atoms with Gasteiger partial charge in [0, 0.05) is 18.0 Å². The van der Waals surface area contributed by atoms with Crippen molar-refractivity contribution in [3.05, 3.63) is 78.1 Å². The Labute approximate surface area is 180 Å². The second kappa shape index (κ2) is 6.91. The van der Waals surface area contributed by atoms with E-state index in [9.17, 15) is 29.3 Å². The summed E-state index contributed by atoms with van der Waals surface area (Å²) in [7, 11) is -9.97. The smallest absolute Gasteiger partial charge is 0.319 e. The van der Waals surface area contributed by atoms with E-state index in [-0.39, 0.29) is 17.7 Å². The summed E-state index contributed by atoms with van der Waals surface area (Å²) in [5.41, 5.74) is 1.48. The number of halogens is 5. The molecule has 2 amide bonds. The van der Waals surface area contributed by atoms with Gasteiger partial charge < -0.3 is 15.7 Å². The van der Waals surface area contributed by atoms with Crippen LogP contribution in [0.4, 0.5) is 29.9 Å². The number of urea groups is 1. The summed E-state index contributed by atoms with van der Waals surface area (Å²) in [5, 5.41) is 15.2. The van der Waals surface area contributed by atoms with Crippen molar-refractivity contribution in [1.29, 1.82) is 0 Å². The predicted octanol–water partition coefficient (Wildman–Crippen LogP) is 6.19. The summed E-state index contributed by atoms with van der Waals surface area (Å²) in [6.07, 6.45) is 2.06. The lowest BCUT2D eigenvalue weighted by molar-refractivity contribution is 0.145. The number of hydrogen-bond acceptors (Lipinski definition) is 3. The monoisotopic (exact) mass is 471 g/mol. The molecule has 0 bridgehead atoms. The van der Waals surface area contributed by atoms with Gasteiger partial charge in [-0.25, -0.2) is 4.79 Å². The lowest BCUT2D eigenvalue weighted by Gasteiger charge is -2.40. The minimum absolute atomic E-state index is 0.100. The third-order valence-electron chi connectivity index (χ3n) is 5.19. The van der Waals surface area contributed by atoms with Crippen molar-refractivity contribution in [2.24, 2.45) is 0 Å². The lowest BCUT2D eigenvalue weighted by Crippen LogP contribution is -2.40. The molecule has 11 heteroatoms. The van der Waals surface area contributed by atoms with Crippen LogP contribution in [-0.4, -0.2) is 22.2 Å². The highest BCUT2D eigenvalue weighted by atomic mass is 32.5. The molecule has 2 atom stereocenters. The van der Waals surface area contributed by atoms with Crippen molar-refractivity contribution in [1.82, 2.24) is 10.3 Å². The van der Waals surface area contributed by atoms with E-state index >= 15 is 0 Å². The molecular weight excluding hydrogens is 453 g/mol. The molecule has 1 aromatic heterocycles. The number of aliphatic hydroxyl groups is 1. The van der Waals surface area contributed by atoms with Crippen LogP contribution < -0.4 is 10.6 Å². The highest BCUT2D eigenvalue weighted by molar-refractivity contribution is 8.45. The molecule has 0 radical (unpaired) electrons. The molecule has 0 saturated carbocycles. The van der Waals surface area contributed by atoms with Gasteiger partial charge in [0.05, 0.1) is 17.8 Å². The summed E-state index contributed by atoms with van der Waals surface area (Å²) in [5.74, 6) is 0. The molecule has 0 aliphatic heterocycles. The minimum atomic E-state index is -9.97. The maximum absolute atomic E-state index is 13.4. The molecule has 1 heterocycles. The first-order valence-corrected chi connectivity index (χ1v) is 11.4. The molecule has 170 valence electrons. The standard InChI is InChI=1S/C21H18F5N3O2S/c22-32(23,24,25,26)15-5-6-16(13-7-9-27-10-8-13)18(12-15)28-21(31)29-19-11-14-3-1-2-4-17(14)20(19)30/h1-10,12,19-20,30H,11H2,(H2,28,29,31). The van der Waals surface area contributed by atoms with Gasteiger partial charge in [-0.2, -0.15) is 0 Å². The van der Waals surface area contributed by atoms with Gasteiger partial charge in [0.15, 0.2) is 0 Å². The van der Waals surface area contributed by atoms with Crippen LogP contribution >= 0.6 is 10.2 Å². The van der Waals surface area contributed by atoms with Crippen molar-refractivity contribution in [3.8, 4) is 11.1 Å². The van der Waals surface area contributed by atoms with Gasteiger partial charge in [0.2, 0.25) is 0 Å². The molecule has 3 N–H and O–H groups in total. The number of carbonyl (C=O) groups is 1. The Morgan fingerprint density at radius 3 is 2.34 bits per heavy atom. The number of aliphatic hydroxyl groups excluding tert-OH is 1. The molecule has 2 aromatic carbocycles. The molecule has 4 rings (SSSR count). The Balaban J connectivity index is 1.64. The van der Waals surface area contributed by atoms with Crippen molar-refractivity contribution >= 4 is 21.9 Å². The highest BCUT2D eigenvalue weighted by Gasteiger charge is 2.65. The van der Waals surface area contributed by atoms with E-state index in [2.05, 4.69) is 15.6 Å². The number of amides is 2. The largest absolute Gasteiger partial charge is 0.386 e. The number of rotatable bonds is 4. The van der Waals surface area contributed by atoms with E-state index < -0.39 is 39.0 Å². The quantitative estimate of drug-likeness (QED) is 0.398. The van der Waals surface area contributed by atoms with Gasteiger partial charge in [0.1, 0.15) is 4.90 Å². The van der Waals surface area contributed by atoms with Gasteiger partial charge >= 0.3 is 16.3 Å². The normalized spacial score (nSPS) is 20.1. The fourth-order valence-electron chi connectivity index (χ4n) is 3.68. The maximum Gasteiger partial charge on any atom is 0.319 e. The van der Waals surface area contributed by atoms with E-state index in [4.69, 9.17) is 0 Å². The number of aromatic nitrogens is 1.